The van der Waals surface area contributed by atoms with Crippen molar-refractivity contribution in [2.24, 2.45) is 0 Å². The molecule has 0 heterocycles. The van der Waals surface area contributed by atoms with Crippen LogP contribution >= 0.6 is 11.6 Å². The van der Waals surface area contributed by atoms with Crippen LogP contribution in [0.4, 0.5) is 5.69 Å². The number of carbonyl (C=O) groups is 1. The lowest BCUT2D eigenvalue weighted by atomic mass is 10.0. The first-order valence-corrected chi connectivity index (χ1v) is 10.2. The quantitative estimate of drug-likeness (QED) is 0.244. The minimum absolute atomic E-state index is 0.0641. The number of para-hydroxylation sites is 1. The Morgan fingerprint density at radius 1 is 0.742 bits per heavy atom. The van der Waals surface area contributed by atoms with Crippen LogP contribution in [0.3, 0.4) is 0 Å². The largest absolute Gasteiger partial charge is 0.456 e. The molecular formula is C27H20ClNO2. The van der Waals surface area contributed by atoms with Crippen molar-refractivity contribution in [1.82, 2.24) is 0 Å². The zero-order valence-electron chi connectivity index (χ0n) is 16.7. The first-order chi connectivity index (χ1) is 15.2. The second-order valence-electron chi connectivity index (χ2n) is 6.84. The van der Waals surface area contributed by atoms with Crippen molar-refractivity contribution in [2.45, 2.75) is 0 Å². The highest BCUT2D eigenvalue weighted by Gasteiger charge is 2.04. The molecule has 1 N–H and O–H groups in total. The zero-order valence-corrected chi connectivity index (χ0v) is 17.4. The molecule has 0 aliphatic heterocycles. The van der Waals surface area contributed by atoms with Gasteiger partial charge in [-0.2, -0.15) is 0 Å². The molecule has 0 radical (unpaired) electrons. The summed E-state index contributed by atoms with van der Waals surface area (Å²) >= 11 is 6.12. The van der Waals surface area contributed by atoms with Crippen LogP contribution in [0.1, 0.15) is 10.4 Å². The molecule has 152 valence electrons. The number of benzene rings is 4. The average Bonchev–Trinajstić information content (AvgIpc) is 2.82. The number of ketones is 1. The van der Waals surface area contributed by atoms with Crippen molar-refractivity contribution in [3.63, 3.8) is 0 Å². The fourth-order valence-corrected chi connectivity index (χ4v) is 3.22. The minimum atomic E-state index is -0.0641. The highest BCUT2D eigenvalue weighted by Crippen LogP contribution is 2.29. The summed E-state index contributed by atoms with van der Waals surface area (Å²) < 4.78 is 5.77. The van der Waals surface area contributed by atoms with Crippen LogP contribution < -0.4 is 10.1 Å². The van der Waals surface area contributed by atoms with Crippen molar-refractivity contribution in [1.29, 1.82) is 0 Å². The SMILES string of the molecule is O=C(/C=C\Nc1ccc(Oc2ccccc2Cl)cc1)c1ccc(-c2ccccc2)cc1. The van der Waals surface area contributed by atoms with Gasteiger partial charge in [-0.15, -0.1) is 0 Å². The fraction of sp³-hybridized carbons (Fsp3) is 0. The summed E-state index contributed by atoms with van der Waals surface area (Å²) in [6.07, 6.45) is 3.16. The van der Waals surface area contributed by atoms with Gasteiger partial charge in [-0.3, -0.25) is 4.79 Å². The summed E-state index contributed by atoms with van der Waals surface area (Å²) in [6.45, 7) is 0. The van der Waals surface area contributed by atoms with Crippen LogP contribution in [0.2, 0.25) is 5.02 Å². The molecule has 0 saturated carbocycles. The smallest absolute Gasteiger partial charge is 0.187 e. The molecule has 4 heteroatoms. The van der Waals surface area contributed by atoms with Gasteiger partial charge in [-0.1, -0.05) is 78.3 Å². The molecule has 0 bridgehead atoms. The summed E-state index contributed by atoms with van der Waals surface area (Å²) in [5, 5.41) is 3.66. The topological polar surface area (TPSA) is 38.3 Å². The second-order valence-corrected chi connectivity index (χ2v) is 7.25. The van der Waals surface area contributed by atoms with Gasteiger partial charge in [0.2, 0.25) is 0 Å². The first-order valence-electron chi connectivity index (χ1n) is 9.84. The maximum absolute atomic E-state index is 12.4. The molecule has 4 aromatic carbocycles. The lowest BCUT2D eigenvalue weighted by molar-refractivity contribution is 0.104. The van der Waals surface area contributed by atoms with Crippen molar-refractivity contribution >= 4 is 23.1 Å². The van der Waals surface area contributed by atoms with E-state index in [4.69, 9.17) is 16.3 Å². The predicted octanol–water partition coefficient (Wildman–Crippen LogP) is 7.61. The molecule has 0 aliphatic rings. The number of allylic oxidation sites excluding steroid dienone is 1. The van der Waals surface area contributed by atoms with Crippen LogP contribution in [0.15, 0.2) is 115 Å². The number of nitrogens with one attached hydrogen (secondary N) is 1. The lowest BCUT2D eigenvalue weighted by Crippen LogP contribution is -1.96. The van der Waals surface area contributed by atoms with Crippen LogP contribution in [-0.2, 0) is 0 Å². The zero-order chi connectivity index (χ0) is 21.5. The third-order valence-electron chi connectivity index (χ3n) is 4.68. The molecule has 0 spiro atoms. The molecule has 0 unspecified atom stereocenters. The maximum Gasteiger partial charge on any atom is 0.187 e. The molecular weight excluding hydrogens is 406 g/mol. The molecule has 3 nitrogen and oxygen atoms in total. The Balaban J connectivity index is 1.34. The standard InChI is InChI=1S/C27H20ClNO2/c28-25-8-4-5-9-27(25)31-24-16-14-23(15-17-24)29-19-18-26(30)22-12-10-21(11-13-22)20-6-2-1-3-7-20/h1-19,29H/b19-18-. The Morgan fingerprint density at radius 3 is 2.10 bits per heavy atom. The predicted molar refractivity (Wildman–Crippen MR) is 127 cm³/mol. The number of hydrogen-bond donors (Lipinski definition) is 1. The van der Waals surface area contributed by atoms with E-state index in [1.165, 1.54) is 6.08 Å². The molecule has 0 aliphatic carbocycles. The minimum Gasteiger partial charge on any atom is -0.456 e. The lowest BCUT2D eigenvalue weighted by Gasteiger charge is -2.08. The van der Waals surface area contributed by atoms with Gasteiger partial charge in [0, 0.05) is 23.5 Å². The summed E-state index contributed by atoms with van der Waals surface area (Å²) in [4.78, 5) is 12.4. The molecule has 0 fully saturated rings. The second kappa shape index (κ2) is 9.79. The van der Waals surface area contributed by atoms with Gasteiger partial charge in [0.05, 0.1) is 5.02 Å². The average molecular weight is 426 g/mol. The third kappa shape index (κ3) is 5.41. The molecule has 0 amide bonds. The Hall–Kier alpha value is -3.82. The van der Waals surface area contributed by atoms with Gasteiger partial charge in [0.15, 0.2) is 5.78 Å². The van der Waals surface area contributed by atoms with Crippen LogP contribution in [0.25, 0.3) is 11.1 Å². The van der Waals surface area contributed by atoms with Crippen LogP contribution in [-0.4, -0.2) is 5.78 Å². The summed E-state index contributed by atoms with van der Waals surface area (Å²) in [6, 6.07) is 32.4. The highest BCUT2D eigenvalue weighted by molar-refractivity contribution is 6.32. The van der Waals surface area contributed by atoms with E-state index in [1.807, 2.05) is 97.1 Å². The van der Waals surface area contributed by atoms with Crippen molar-refractivity contribution < 1.29 is 9.53 Å². The monoisotopic (exact) mass is 425 g/mol. The number of hydrogen-bond acceptors (Lipinski definition) is 3. The van der Waals surface area contributed by atoms with E-state index in [0.29, 0.717) is 22.1 Å². The Bertz CT molecular complexity index is 1180. The molecule has 0 saturated heterocycles. The number of halogens is 1. The first kappa shape index (κ1) is 20.5. The molecule has 4 aromatic rings. The van der Waals surface area contributed by atoms with E-state index in [2.05, 4.69) is 5.32 Å². The highest BCUT2D eigenvalue weighted by atomic mass is 35.5. The normalized spacial score (nSPS) is 10.7. The maximum atomic E-state index is 12.4. The molecule has 4 rings (SSSR count). The summed E-state index contributed by atoms with van der Waals surface area (Å²) in [7, 11) is 0. The van der Waals surface area contributed by atoms with E-state index >= 15 is 0 Å². The Labute approximate surface area is 186 Å². The van der Waals surface area contributed by atoms with E-state index in [9.17, 15) is 4.79 Å². The van der Waals surface area contributed by atoms with E-state index in [0.717, 1.165) is 16.8 Å². The fourth-order valence-electron chi connectivity index (χ4n) is 3.04. The molecule has 31 heavy (non-hydrogen) atoms. The van der Waals surface area contributed by atoms with Crippen LogP contribution in [0.5, 0.6) is 11.5 Å². The van der Waals surface area contributed by atoms with Crippen molar-refractivity contribution in [3.8, 4) is 22.6 Å². The van der Waals surface area contributed by atoms with Gasteiger partial charge in [-0.05, 0) is 47.5 Å². The molecule has 0 atom stereocenters. The third-order valence-corrected chi connectivity index (χ3v) is 4.99. The number of anilines is 1. The van der Waals surface area contributed by atoms with Crippen molar-refractivity contribution in [3.05, 3.63) is 126 Å². The molecule has 0 aromatic heterocycles. The van der Waals surface area contributed by atoms with Crippen molar-refractivity contribution in [2.75, 3.05) is 5.32 Å². The van der Waals surface area contributed by atoms with E-state index in [-0.39, 0.29) is 5.78 Å². The van der Waals surface area contributed by atoms with E-state index < -0.39 is 0 Å². The Kier molecular flexibility index (Phi) is 6.46. The Morgan fingerprint density at radius 2 is 1.39 bits per heavy atom. The van der Waals surface area contributed by atoms with Gasteiger partial charge in [0.1, 0.15) is 11.5 Å². The summed E-state index contributed by atoms with van der Waals surface area (Å²) in [5.41, 5.74) is 3.69. The van der Waals surface area contributed by atoms with Gasteiger partial charge in [0.25, 0.3) is 0 Å². The van der Waals surface area contributed by atoms with Crippen LogP contribution in [0, 0.1) is 0 Å². The summed E-state index contributed by atoms with van der Waals surface area (Å²) in [5.74, 6) is 1.22. The van der Waals surface area contributed by atoms with E-state index in [1.54, 1.807) is 12.3 Å². The van der Waals surface area contributed by atoms with Gasteiger partial charge >= 0.3 is 0 Å². The number of rotatable bonds is 7. The van der Waals surface area contributed by atoms with Gasteiger partial charge in [-0.25, -0.2) is 0 Å². The number of ether oxygens (including phenoxy) is 1. The van der Waals surface area contributed by atoms with Gasteiger partial charge < -0.3 is 10.1 Å². The number of carbonyl (C=O) groups excluding carboxylic acids is 1.